The van der Waals surface area contributed by atoms with Crippen LogP contribution in [0.25, 0.3) is 0 Å². The molecule has 2 amide bonds. The highest BCUT2D eigenvalue weighted by molar-refractivity contribution is 5.79. The van der Waals surface area contributed by atoms with E-state index in [1.54, 1.807) is 0 Å². The molecule has 22 heavy (non-hydrogen) atoms. The van der Waals surface area contributed by atoms with Crippen LogP contribution < -0.4 is 16.4 Å². The maximum Gasteiger partial charge on any atom is 0.246 e. The highest BCUT2D eigenvalue weighted by Gasteiger charge is 2.30. The molecule has 2 rings (SSSR count). The Morgan fingerprint density at radius 1 is 1.32 bits per heavy atom. The first-order valence-corrected chi connectivity index (χ1v) is 7.63. The number of benzene rings is 1. The van der Waals surface area contributed by atoms with Gasteiger partial charge in [-0.15, -0.1) is 0 Å². The molecule has 2 atom stereocenters. The van der Waals surface area contributed by atoms with Crippen molar-refractivity contribution in [3.05, 3.63) is 35.9 Å². The third-order valence-electron chi connectivity index (χ3n) is 3.63. The number of carbonyl (C=O) groups is 2. The van der Waals surface area contributed by atoms with Gasteiger partial charge >= 0.3 is 0 Å². The van der Waals surface area contributed by atoms with E-state index < -0.39 is 0 Å². The summed E-state index contributed by atoms with van der Waals surface area (Å²) >= 11 is 0. The standard InChI is InChI=1S/C16H23N3O3/c17-9-5-4-8-14(20)18-10-13-16(19-15(21)11-22-13)12-6-2-1-3-7-12/h1-3,6-7,13,16H,4-5,8-11,17H2,(H,18,20)(H,19,21)/t13-,16+/m0/s1. The zero-order valence-corrected chi connectivity index (χ0v) is 12.6. The fraction of sp³-hybridized carbons (Fsp3) is 0.500. The van der Waals surface area contributed by atoms with Crippen molar-refractivity contribution in [2.45, 2.75) is 31.4 Å². The first kappa shape index (κ1) is 16.5. The van der Waals surface area contributed by atoms with Gasteiger partial charge in [0.15, 0.2) is 0 Å². The van der Waals surface area contributed by atoms with Crippen molar-refractivity contribution in [1.82, 2.24) is 10.6 Å². The Hall–Kier alpha value is -1.92. The van der Waals surface area contributed by atoms with E-state index in [0.29, 0.717) is 19.5 Å². The highest BCUT2D eigenvalue weighted by atomic mass is 16.5. The Balaban J connectivity index is 1.90. The number of amides is 2. The molecule has 1 saturated heterocycles. The van der Waals surface area contributed by atoms with Gasteiger partial charge < -0.3 is 21.1 Å². The van der Waals surface area contributed by atoms with Gasteiger partial charge in [-0.25, -0.2) is 0 Å². The van der Waals surface area contributed by atoms with Crippen LogP contribution in [0.1, 0.15) is 30.9 Å². The third kappa shape index (κ3) is 4.82. The molecule has 1 aliphatic rings. The molecule has 1 fully saturated rings. The third-order valence-corrected chi connectivity index (χ3v) is 3.63. The monoisotopic (exact) mass is 305 g/mol. The Kier molecular flexibility index (Phi) is 6.36. The minimum atomic E-state index is -0.265. The maximum atomic E-state index is 11.8. The summed E-state index contributed by atoms with van der Waals surface area (Å²) in [5.74, 6) is -0.153. The molecule has 6 nitrogen and oxygen atoms in total. The van der Waals surface area contributed by atoms with Crippen molar-refractivity contribution in [1.29, 1.82) is 0 Å². The van der Waals surface area contributed by atoms with Gasteiger partial charge in [-0.2, -0.15) is 0 Å². The van der Waals surface area contributed by atoms with Crippen LogP contribution in [0.15, 0.2) is 30.3 Å². The Bertz CT molecular complexity index is 493. The molecule has 0 aliphatic carbocycles. The summed E-state index contributed by atoms with van der Waals surface area (Å²) in [7, 11) is 0. The topological polar surface area (TPSA) is 93.5 Å². The van der Waals surface area contributed by atoms with E-state index in [0.717, 1.165) is 18.4 Å². The molecule has 0 unspecified atom stereocenters. The van der Waals surface area contributed by atoms with E-state index in [1.165, 1.54) is 0 Å². The van der Waals surface area contributed by atoms with Crippen LogP contribution in [0.3, 0.4) is 0 Å². The van der Waals surface area contributed by atoms with E-state index in [9.17, 15) is 9.59 Å². The van der Waals surface area contributed by atoms with Crippen molar-refractivity contribution in [3.8, 4) is 0 Å². The summed E-state index contributed by atoms with van der Waals surface area (Å²) in [5.41, 5.74) is 6.38. The van der Waals surface area contributed by atoms with Crippen LogP contribution >= 0.6 is 0 Å². The van der Waals surface area contributed by atoms with Crippen LogP contribution in [0.5, 0.6) is 0 Å². The molecule has 1 aromatic rings. The quantitative estimate of drug-likeness (QED) is 0.639. The van der Waals surface area contributed by atoms with Gasteiger partial charge in [0.2, 0.25) is 11.8 Å². The van der Waals surface area contributed by atoms with Crippen LogP contribution in [0.2, 0.25) is 0 Å². The van der Waals surface area contributed by atoms with Gasteiger partial charge in [-0.1, -0.05) is 30.3 Å². The van der Waals surface area contributed by atoms with Crippen molar-refractivity contribution in [3.63, 3.8) is 0 Å². The molecule has 6 heteroatoms. The second-order valence-corrected chi connectivity index (χ2v) is 5.36. The van der Waals surface area contributed by atoms with Gasteiger partial charge in [-0.05, 0) is 24.9 Å². The van der Waals surface area contributed by atoms with Crippen molar-refractivity contribution < 1.29 is 14.3 Å². The summed E-state index contributed by atoms with van der Waals surface area (Å²) in [4.78, 5) is 23.3. The zero-order chi connectivity index (χ0) is 15.8. The Morgan fingerprint density at radius 2 is 2.09 bits per heavy atom. The summed E-state index contributed by atoms with van der Waals surface area (Å²) in [6, 6.07) is 9.39. The Labute approximate surface area is 130 Å². The van der Waals surface area contributed by atoms with E-state index in [2.05, 4.69) is 10.6 Å². The maximum absolute atomic E-state index is 11.8. The average molecular weight is 305 g/mol. The van der Waals surface area contributed by atoms with Crippen molar-refractivity contribution >= 4 is 11.8 Å². The molecule has 0 aromatic heterocycles. The Morgan fingerprint density at radius 3 is 2.82 bits per heavy atom. The van der Waals surface area contributed by atoms with Gasteiger partial charge in [0.1, 0.15) is 6.61 Å². The fourth-order valence-electron chi connectivity index (χ4n) is 2.45. The molecule has 0 spiro atoms. The molecule has 4 N–H and O–H groups in total. The SMILES string of the molecule is NCCCCC(=O)NC[C@@H]1OCC(=O)N[C@@H]1c1ccccc1. The number of rotatable bonds is 7. The van der Waals surface area contributed by atoms with Crippen LogP contribution in [0.4, 0.5) is 0 Å². The van der Waals surface area contributed by atoms with Crippen LogP contribution in [-0.4, -0.2) is 37.6 Å². The lowest BCUT2D eigenvalue weighted by Crippen LogP contribution is -2.50. The smallest absolute Gasteiger partial charge is 0.246 e. The fourth-order valence-corrected chi connectivity index (χ4v) is 2.45. The molecule has 120 valence electrons. The van der Waals surface area contributed by atoms with Crippen molar-refractivity contribution in [2.75, 3.05) is 19.7 Å². The number of hydrogen-bond donors (Lipinski definition) is 3. The lowest BCUT2D eigenvalue weighted by atomic mass is 10.00. The van der Waals surface area contributed by atoms with Crippen molar-refractivity contribution in [2.24, 2.45) is 5.73 Å². The van der Waals surface area contributed by atoms with Gasteiger partial charge in [0.25, 0.3) is 0 Å². The average Bonchev–Trinajstić information content (AvgIpc) is 2.55. The molecule has 1 heterocycles. The highest BCUT2D eigenvalue weighted by Crippen LogP contribution is 2.21. The van der Waals surface area contributed by atoms with E-state index in [-0.39, 0.29) is 30.6 Å². The number of carbonyl (C=O) groups excluding carboxylic acids is 2. The minimum absolute atomic E-state index is 0.0132. The summed E-state index contributed by atoms with van der Waals surface area (Å²) in [5, 5.41) is 5.80. The first-order valence-electron chi connectivity index (χ1n) is 7.63. The van der Waals surface area contributed by atoms with Gasteiger partial charge in [-0.3, -0.25) is 9.59 Å². The normalized spacial score (nSPS) is 21.2. The summed E-state index contributed by atoms with van der Waals surface area (Å²) in [6.07, 6.45) is 1.83. The minimum Gasteiger partial charge on any atom is -0.364 e. The predicted octanol–water partition coefficient (Wildman–Crippen LogP) is 0.488. The van der Waals surface area contributed by atoms with Gasteiger partial charge in [0, 0.05) is 13.0 Å². The van der Waals surface area contributed by atoms with E-state index in [1.807, 2.05) is 30.3 Å². The predicted molar refractivity (Wildman–Crippen MR) is 83.0 cm³/mol. The number of morpholine rings is 1. The number of unbranched alkanes of at least 4 members (excludes halogenated alkanes) is 1. The lowest BCUT2D eigenvalue weighted by Gasteiger charge is -2.32. The molecule has 0 radical (unpaired) electrons. The largest absolute Gasteiger partial charge is 0.364 e. The number of nitrogens with two attached hydrogens (primary N) is 1. The molecule has 1 aliphatic heterocycles. The number of hydrogen-bond acceptors (Lipinski definition) is 4. The molecule has 1 aromatic carbocycles. The second kappa shape index (κ2) is 8.51. The molecular weight excluding hydrogens is 282 g/mol. The summed E-state index contributed by atoms with van der Waals surface area (Å²) in [6.45, 7) is 0.999. The van der Waals surface area contributed by atoms with E-state index in [4.69, 9.17) is 10.5 Å². The first-order chi connectivity index (χ1) is 10.7. The second-order valence-electron chi connectivity index (χ2n) is 5.36. The van der Waals surface area contributed by atoms with Gasteiger partial charge in [0.05, 0.1) is 12.1 Å². The summed E-state index contributed by atoms with van der Waals surface area (Å²) < 4.78 is 5.59. The lowest BCUT2D eigenvalue weighted by molar-refractivity contribution is -0.137. The molecule has 0 bridgehead atoms. The molecular formula is C16H23N3O3. The zero-order valence-electron chi connectivity index (χ0n) is 12.6. The number of ether oxygens (including phenoxy) is 1. The molecule has 0 saturated carbocycles. The number of nitrogens with one attached hydrogen (secondary N) is 2. The van der Waals surface area contributed by atoms with Crippen LogP contribution in [0, 0.1) is 0 Å². The van der Waals surface area contributed by atoms with Crippen LogP contribution in [-0.2, 0) is 14.3 Å². The van der Waals surface area contributed by atoms with E-state index >= 15 is 0 Å².